The summed E-state index contributed by atoms with van der Waals surface area (Å²) in [5.41, 5.74) is 6.58. The van der Waals surface area contributed by atoms with E-state index in [0.29, 0.717) is 23.2 Å². The molecule has 0 unspecified atom stereocenters. The van der Waals surface area contributed by atoms with Crippen LogP contribution in [0.25, 0.3) is 33.0 Å². The van der Waals surface area contributed by atoms with Gasteiger partial charge in [-0.3, -0.25) is 9.59 Å². The van der Waals surface area contributed by atoms with Crippen molar-refractivity contribution < 1.29 is 9.59 Å². The number of benzene rings is 4. The molecule has 1 amide bonds. The van der Waals surface area contributed by atoms with E-state index in [1.54, 1.807) is 0 Å². The summed E-state index contributed by atoms with van der Waals surface area (Å²) in [4.78, 5) is 30.0. The number of nitrogens with one attached hydrogen (secondary N) is 2. The molecule has 186 valence electrons. The molecule has 5 heteroatoms. The van der Waals surface area contributed by atoms with Crippen LogP contribution < -0.4 is 15.5 Å². The molecule has 5 nitrogen and oxygen atoms in total. The third kappa shape index (κ3) is 4.00. The molecule has 0 atom stereocenters. The van der Waals surface area contributed by atoms with E-state index in [4.69, 9.17) is 0 Å². The standard InChI is InChI=1S/C32H31N3O2/c1-2-3-15-34-32(37)27-20-26(23-14-8-10-21-9-4-5-11-22(21)23)28-24-12-6-7-13-25(24)31(36)29(28)30(27)35-18-16-33-17-19-35/h4-14,20,33H,2-3,15-19H2,1H3,(H,34,37). The molecule has 0 bridgehead atoms. The molecule has 2 N–H and O–H groups in total. The van der Waals surface area contributed by atoms with Crippen LogP contribution in [0.1, 0.15) is 46.0 Å². The van der Waals surface area contributed by atoms with Crippen molar-refractivity contribution in [2.75, 3.05) is 37.6 Å². The highest BCUT2D eigenvalue weighted by Gasteiger charge is 2.36. The highest BCUT2D eigenvalue weighted by Crippen LogP contribution is 2.49. The smallest absolute Gasteiger partial charge is 0.253 e. The second kappa shape index (κ2) is 9.83. The van der Waals surface area contributed by atoms with E-state index in [0.717, 1.165) is 77.7 Å². The average molecular weight is 490 g/mol. The maximum atomic E-state index is 14.1. The number of carbonyl (C=O) groups excluding carboxylic acids is 2. The molecule has 1 heterocycles. The van der Waals surface area contributed by atoms with E-state index in [9.17, 15) is 9.59 Å². The van der Waals surface area contributed by atoms with E-state index in [2.05, 4.69) is 52.8 Å². The molecule has 1 fully saturated rings. The number of hydrogen-bond acceptors (Lipinski definition) is 4. The SMILES string of the molecule is CCCCNC(=O)c1cc(-c2cccc3ccccc23)c2c(c1N1CCNCC1)C(=O)c1ccccc1-2. The van der Waals surface area contributed by atoms with Gasteiger partial charge in [-0.1, -0.05) is 80.1 Å². The van der Waals surface area contributed by atoms with Gasteiger partial charge in [0.15, 0.2) is 5.78 Å². The molecule has 6 rings (SSSR count). The van der Waals surface area contributed by atoms with E-state index in [1.807, 2.05) is 42.5 Å². The van der Waals surface area contributed by atoms with E-state index in [-0.39, 0.29) is 11.7 Å². The predicted octanol–water partition coefficient (Wildman–Crippen LogP) is 5.66. The number of carbonyl (C=O) groups is 2. The molecule has 37 heavy (non-hydrogen) atoms. The Labute approximate surface area is 217 Å². The Kier molecular flexibility index (Phi) is 6.23. The number of amides is 1. The van der Waals surface area contributed by atoms with Crippen molar-refractivity contribution in [3.63, 3.8) is 0 Å². The summed E-state index contributed by atoms with van der Waals surface area (Å²) in [5.74, 6) is -0.112. The highest BCUT2D eigenvalue weighted by molar-refractivity contribution is 6.29. The van der Waals surface area contributed by atoms with Crippen LogP contribution in [-0.4, -0.2) is 44.4 Å². The lowest BCUT2D eigenvalue weighted by atomic mass is 9.87. The molecular weight excluding hydrogens is 458 g/mol. The minimum atomic E-state index is -0.116. The van der Waals surface area contributed by atoms with Gasteiger partial charge in [-0.25, -0.2) is 0 Å². The highest BCUT2D eigenvalue weighted by atomic mass is 16.1. The van der Waals surface area contributed by atoms with Gasteiger partial charge in [-0.05, 0) is 39.9 Å². The zero-order chi connectivity index (χ0) is 25.4. The molecule has 0 saturated carbocycles. The quantitative estimate of drug-likeness (QED) is 0.302. The molecular formula is C32H31N3O2. The van der Waals surface area contributed by atoms with Crippen molar-refractivity contribution in [3.8, 4) is 22.3 Å². The Balaban J connectivity index is 1.67. The second-order valence-corrected chi connectivity index (χ2v) is 9.82. The summed E-state index contributed by atoms with van der Waals surface area (Å²) in [6.45, 7) is 5.86. The number of unbranched alkanes of at least 4 members (excludes halogenated alkanes) is 1. The van der Waals surface area contributed by atoms with Gasteiger partial charge in [0.2, 0.25) is 0 Å². The summed E-state index contributed by atoms with van der Waals surface area (Å²) in [6.07, 6.45) is 1.92. The van der Waals surface area contributed by atoms with Crippen LogP contribution in [-0.2, 0) is 0 Å². The molecule has 1 saturated heterocycles. The third-order valence-corrected chi connectivity index (χ3v) is 7.54. The van der Waals surface area contributed by atoms with Crippen molar-refractivity contribution in [2.45, 2.75) is 19.8 Å². The number of rotatable bonds is 6. The number of ketones is 1. The lowest BCUT2D eigenvalue weighted by Gasteiger charge is -2.33. The number of anilines is 1. The third-order valence-electron chi connectivity index (χ3n) is 7.54. The van der Waals surface area contributed by atoms with Gasteiger partial charge in [0.1, 0.15) is 0 Å². The minimum Gasteiger partial charge on any atom is -0.368 e. The van der Waals surface area contributed by atoms with Crippen LogP contribution in [0.15, 0.2) is 72.8 Å². The Morgan fingerprint density at radius 3 is 2.38 bits per heavy atom. The van der Waals surface area contributed by atoms with Gasteiger partial charge in [-0.15, -0.1) is 0 Å². The monoisotopic (exact) mass is 489 g/mol. The fourth-order valence-corrected chi connectivity index (χ4v) is 5.74. The molecule has 4 aromatic carbocycles. The maximum Gasteiger partial charge on any atom is 0.253 e. The van der Waals surface area contributed by atoms with Gasteiger partial charge < -0.3 is 15.5 Å². The van der Waals surface area contributed by atoms with E-state index in [1.165, 1.54) is 0 Å². The van der Waals surface area contributed by atoms with Crippen LogP contribution in [0.2, 0.25) is 0 Å². The summed E-state index contributed by atoms with van der Waals surface area (Å²) in [7, 11) is 0. The van der Waals surface area contributed by atoms with Crippen molar-refractivity contribution >= 4 is 28.2 Å². The van der Waals surface area contributed by atoms with Crippen LogP contribution in [0.5, 0.6) is 0 Å². The molecule has 0 radical (unpaired) electrons. The minimum absolute atomic E-state index is 0.00354. The van der Waals surface area contributed by atoms with Gasteiger partial charge in [0.25, 0.3) is 5.91 Å². The average Bonchev–Trinajstić information content (AvgIpc) is 3.25. The topological polar surface area (TPSA) is 61.4 Å². The second-order valence-electron chi connectivity index (χ2n) is 9.82. The van der Waals surface area contributed by atoms with Crippen LogP contribution in [0.3, 0.4) is 0 Å². The molecule has 1 aliphatic heterocycles. The van der Waals surface area contributed by atoms with Gasteiger partial charge in [0.05, 0.1) is 16.8 Å². The Hall–Kier alpha value is -3.96. The lowest BCUT2D eigenvalue weighted by Crippen LogP contribution is -2.45. The first-order valence-corrected chi connectivity index (χ1v) is 13.3. The van der Waals surface area contributed by atoms with E-state index < -0.39 is 0 Å². The summed E-state index contributed by atoms with van der Waals surface area (Å²) >= 11 is 0. The summed E-state index contributed by atoms with van der Waals surface area (Å²) in [6, 6.07) is 24.5. The number of nitrogens with zero attached hydrogens (tertiary/aromatic N) is 1. The first kappa shape index (κ1) is 23.4. The van der Waals surface area contributed by atoms with Crippen molar-refractivity contribution in [1.82, 2.24) is 10.6 Å². The molecule has 1 aliphatic carbocycles. The van der Waals surface area contributed by atoms with Crippen molar-refractivity contribution in [3.05, 3.63) is 89.5 Å². The lowest BCUT2D eigenvalue weighted by molar-refractivity contribution is 0.0953. The molecule has 0 spiro atoms. The van der Waals surface area contributed by atoms with Crippen molar-refractivity contribution in [1.29, 1.82) is 0 Å². The number of piperazine rings is 1. The van der Waals surface area contributed by atoms with Gasteiger partial charge >= 0.3 is 0 Å². The van der Waals surface area contributed by atoms with Crippen LogP contribution in [0.4, 0.5) is 5.69 Å². The van der Waals surface area contributed by atoms with Crippen molar-refractivity contribution in [2.24, 2.45) is 0 Å². The van der Waals surface area contributed by atoms with E-state index >= 15 is 0 Å². The fourth-order valence-electron chi connectivity index (χ4n) is 5.74. The fraction of sp³-hybridized carbons (Fsp3) is 0.250. The number of fused-ring (bicyclic) bond motifs is 4. The maximum absolute atomic E-state index is 14.1. The van der Waals surface area contributed by atoms with Gasteiger partial charge in [0, 0.05) is 43.9 Å². The molecule has 4 aromatic rings. The summed E-state index contributed by atoms with van der Waals surface area (Å²) in [5, 5.41) is 8.77. The first-order chi connectivity index (χ1) is 18.2. The Morgan fingerprint density at radius 2 is 1.57 bits per heavy atom. The molecule has 2 aliphatic rings. The van der Waals surface area contributed by atoms with Crippen LogP contribution >= 0.6 is 0 Å². The first-order valence-electron chi connectivity index (χ1n) is 13.3. The normalized spacial score (nSPS) is 14.5. The Bertz CT molecular complexity index is 1510. The predicted molar refractivity (Wildman–Crippen MR) is 151 cm³/mol. The number of hydrogen-bond donors (Lipinski definition) is 2. The zero-order valence-corrected chi connectivity index (χ0v) is 21.1. The van der Waals surface area contributed by atoms with Crippen LogP contribution in [0, 0.1) is 0 Å². The molecule has 0 aromatic heterocycles. The van der Waals surface area contributed by atoms with Gasteiger partial charge in [-0.2, -0.15) is 0 Å². The summed E-state index contributed by atoms with van der Waals surface area (Å²) < 4.78 is 0. The zero-order valence-electron chi connectivity index (χ0n) is 21.1. The Morgan fingerprint density at radius 1 is 0.865 bits per heavy atom. The largest absolute Gasteiger partial charge is 0.368 e.